The lowest BCUT2D eigenvalue weighted by atomic mass is 10.2. The van der Waals surface area contributed by atoms with Crippen molar-refractivity contribution in [1.82, 2.24) is 25.2 Å². The van der Waals surface area contributed by atoms with Crippen LogP contribution < -0.4 is 20.7 Å². The number of amidine groups is 1. The van der Waals surface area contributed by atoms with Crippen LogP contribution in [0.15, 0.2) is 35.5 Å². The minimum Gasteiger partial charge on any atom is -0.354 e. The predicted molar refractivity (Wildman–Crippen MR) is 106 cm³/mol. The number of aliphatic imine (C=N–C) groups is 1. The molecule has 0 fully saturated rings. The number of hydroxylamine groups is 1. The molecular weight excluding hydrogens is 427 g/mol. The summed E-state index contributed by atoms with van der Waals surface area (Å²) in [6.07, 6.45) is 1.47. The Balaban J connectivity index is 1.87. The van der Waals surface area contributed by atoms with Crippen LogP contribution in [0.5, 0.6) is 0 Å². The lowest BCUT2D eigenvalue weighted by molar-refractivity contribution is 0.235. The predicted octanol–water partition coefficient (Wildman–Crippen LogP) is 1.01. The maximum absolute atomic E-state index is 13.3. The summed E-state index contributed by atoms with van der Waals surface area (Å²) < 4.78 is 37.2. The number of nitrogens with one attached hydrogen (secondary N) is 4. The van der Waals surface area contributed by atoms with Gasteiger partial charge >= 0.3 is 0 Å². The number of hydrogen-bond donors (Lipinski definition) is 6. The van der Waals surface area contributed by atoms with Crippen LogP contribution in [0.2, 0.25) is 5.02 Å². The average molecular weight is 443 g/mol. The maximum atomic E-state index is 13.3. The van der Waals surface area contributed by atoms with Gasteiger partial charge in [-0.05, 0) is 24.3 Å². The number of pyridine rings is 1. The first-order valence-corrected chi connectivity index (χ1v) is 9.99. The molecule has 7 N–H and O–H groups in total. The molecule has 0 saturated heterocycles. The van der Waals surface area contributed by atoms with E-state index >= 15 is 0 Å². The molecule has 0 radical (unpaired) electrons. The van der Waals surface area contributed by atoms with Gasteiger partial charge in [0.2, 0.25) is 5.95 Å². The first-order chi connectivity index (χ1) is 13.8. The fourth-order valence-electron chi connectivity index (χ4n) is 2.40. The summed E-state index contributed by atoms with van der Waals surface area (Å²) in [5.74, 6) is -0.221. The smallest absolute Gasteiger partial charge is 0.274 e. The van der Waals surface area contributed by atoms with E-state index in [1.807, 2.05) is 5.48 Å². The molecule has 2 heterocycles. The van der Waals surface area contributed by atoms with Crippen molar-refractivity contribution in [3.05, 3.63) is 46.9 Å². The van der Waals surface area contributed by atoms with E-state index in [0.717, 1.165) is 6.07 Å². The molecule has 29 heavy (non-hydrogen) atoms. The van der Waals surface area contributed by atoms with Gasteiger partial charge in [0.15, 0.2) is 11.5 Å². The van der Waals surface area contributed by atoms with Crippen molar-refractivity contribution in [3.8, 4) is 0 Å². The fourth-order valence-corrected chi connectivity index (χ4v) is 2.96. The molecule has 0 saturated carbocycles. The molecule has 154 valence electrons. The van der Waals surface area contributed by atoms with E-state index in [-0.39, 0.29) is 23.9 Å². The van der Waals surface area contributed by atoms with Gasteiger partial charge in [-0.25, -0.2) is 24.2 Å². The van der Waals surface area contributed by atoms with Crippen molar-refractivity contribution in [2.24, 2.45) is 10.1 Å². The van der Waals surface area contributed by atoms with E-state index in [4.69, 9.17) is 16.7 Å². The van der Waals surface area contributed by atoms with E-state index in [2.05, 4.69) is 30.0 Å². The van der Waals surface area contributed by atoms with Gasteiger partial charge in [-0.15, -0.1) is 0 Å². The van der Waals surface area contributed by atoms with Gasteiger partial charge in [0.1, 0.15) is 5.82 Å². The summed E-state index contributed by atoms with van der Waals surface area (Å²) >= 11 is 5.76. The second kappa shape index (κ2) is 8.67. The quantitative estimate of drug-likeness (QED) is 0.137. The molecule has 0 amide bonds. The highest BCUT2D eigenvalue weighted by Crippen LogP contribution is 2.23. The number of aromatic nitrogens is 3. The number of fused-ring (bicyclic) bond motifs is 1. The number of hydrogen-bond acceptors (Lipinski definition) is 7. The minimum absolute atomic E-state index is 0.0474. The molecule has 3 rings (SSSR count). The molecule has 0 aliphatic rings. The fraction of sp³-hybridized carbons (Fsp3) is 0.133. The average Bonchev–Trinajstić information content (AvgIpc) is 3.08. The highest BCUT2D eigenvalue weighted by atomic mass is 35.5. The Bertz CT molecular complexity index is 1170. The lowest BCUT2D eigenvalue weighted by Gasteiger charge is -2.06. The van der Waals surface area contributed by atoms with Gasteiger partial charge in [-0.1, -0.05) is 11.6 Å². The zero-order chi connectivity index (χ0) is 21.0. The van der Waals surface area contributed by atoms with Gasteiger partial charge < -0.3 is 10.3 Å². The monoisotopic (exact) mass is 442 g/mol. The Morgan fingerprint density at radius 3 is 2.83 bits per heavy atom. The van der Waals surface area contributed by atoms with E-state index in [0.29, 0.717) is 28.4 Å². The number of halogens is 2. The minimum atomic E-state index is -3.78. The zero-order valence-electron chi connectivity index (χ0n) is 14.6. The summed E-state index contributed by atoms with van der Waals surface area (Å²) in [6, 6.07) is 5.45. The van der Waals surface area contributed by atoms with E-state index in [1.165, 1.54) is 18.3 Å². The first kappa shape index (κ1) is 20.9. The molecular formula is C15H16ClFN8O3S. The van der Waals surface area contributed by atoms with Crippen molar-refractivity contribution >= 4 is 50.4 Å². The molecule has 0 aliphatic heterocycles. The van der Waals surface area contributed by atoms with Crippen molar-refractivity contribution < 1.29 is 18.0 Å². The Hall–Kier alpha value is -2.84. The van der Waals surface area contributed by atoms with Crippen LogP contribution in [0.3, 0.4) is 0 Å². The number of anilines is 1. The van der Waals surface area contributed by atoms with Gasteiger partial charge in [-0.2, -0.15) is 13.4 Å². The number of rotatable bonds is 7. The molecule has 3 aromatic rings. The summed E-state index contributed by atoms with van der Waals surface area (Å²) in [6.45, 7) is 0.255. The van der Waals surface area contributed by atoms with Crippen molar-refractivity contribution in [3.63, 3.8) is 0 Å². The highest BCUT2D eigenvalue weighted by molar-refractivity contribution is 7.87. The van der Waals surface area contributed by atoms with Crippen molar-refractivity contribution in [1.29, 1.82) is 0 Å². The van der Waals surface area contributed by atoms with Gasteiger partial charge in [0.05, 0.1) is 16.2 Å². The summed E-state index contributed by atoms with van der Waals surface area (Å²) in [5, 5.41) is 17.2. The van der Waals surface area contributed by atoms with Crippen molar-refractivity contribution in [2.75, 3.05) is 18.4 Å². The molecule has 0 atom stereocenters. The Kier molecular flexibility index (Phi) is 6.24. The SMILES string of the molecule is NS(=O)(=O)NCCNc1nc2nccc(C(=Nc3ccc(F)c(Cl)c3)NO)c2[nH]1. The molecule has 0 spiro atoms. The second-order valence-corrected chi connectivity index (χ2v) is 7.47. The molecule has 0 aliphatic carbocycles. The number of H-pyrrole nitrogens is 1. The number of imidazole rings is 1. The van der Waals surface area contributed by atoms with E-state index < -0.39 is 16.0 Å². The zero-order valence-corrected chi connectivity index (χ0v) is 16.2. The molecule has 0 unspecified atom stereocenters. The van der Waals surface area contributed by atoms with Crippen LogP contribution >= 0.6 is 11.6 Å². The third kappa shape index (κ3) is 5.36. The standard InChI is InChI=1S/C15H16ClFN8O3S/c16-10-7-8(1-2-11(10)17)22-13(25-26)9-3-4-19-14-12(9)23-15(24-14)20-5-6-21-29(18,27)28/h1-4,7,21,26H,5-6H2,(H,22,25)(H2,18,27,28)(H2,19,20,23,24). The molecule has 14 heteroatoms. The topological polar surface area (TPSA) is 170 Å². The van der Waals surface area contributed by atoms with Gasteiger partial charge in [0.25, 0.3) is 10.2 Å². The van der Waals surface area contributed by atoms with E-state index in [9.17, 15) is 18.0 Å². The number of nitrogens with zero attached hydrogens (tertiary/aromatic N) is 3. The normalized spacial score (nSPS) is 12.3. The van der Waals surface area contributed by atoms with Gasteiger partial charge in [-0.3, -0.25) is 10.7 Å². The second-order valence-electron chi connectivity index (χ2n) is 5.68. The first-order valence-electron chi connectivity index (χ1n) is 8.07. The van der Waals surface area contributed by atoms with Crippen LogP contribution in [0, 0.1) is 5.82 Å². The summed E-state index contributed by atoms with van der Waals surface area (Å²) in [4.78, 5) is 15.6. The number of nitrogens with two attached hydrogens (primary N) is 1. The van der Waals surface area contributed by atoms with E-state index in [1.54, 1.807) is 6.07 Å². The number of aromatic amines is 1. The third-order valence-corrected chi connectivity index (χ3v) is 4.51. The Morgan fingerprint density at radius 1 is 1.34 bits per heavy atom. The molecule has 2 aromatic heterocycles. The maximum Gasteiger partial charge on any atom is 0.274 e. The molecule has 11 nitrogen and oxygen atoms in total. The van der Waals surface area contributed by atoms with Crippen LogP contribution in [0.25, 0.3) is 11.2 Å². The molecule has 0 bridgehead atoms. The number of benzene rings is 1. The highest BCUT2D eigenvalue weighted by Gasteiger charge is 2.13. The Morgan fingerprint density at radius 2 is 2.14 bits per heavy atom. The Labute approximate surface area is 169 Å². The van der Waals surface area contributed by atoms with Crippen LogP contribution in [0.1, 0.15) is 5.56 Å². The van der Waals surface area contributed by atoms with Crippen LogP contribution in [-0.2, 0) is 10.2 Å². The molecule has 1 aromatic carbocycles. The summed E-state index contributed by atoms with van der Waals surface area (Å²) in [7, 11) is -3.78. The largest absolute Gasteiger partial charge is 0.354 e. The lowest BCUT2D eigenvalue weighted by Crippen LogP contribution is -2.34. The van der Waals surface area contributed by atoms with Crippen molar-refractivity contribution in [2.45, 2.75) is 0 Å². The van der Waals surface area contributed by atoms with Crippen LogP contribution in [0.4, 0.5) is 16.0 Å². The van der Waals surface area contributed by atoms with Gasteiger partial charge in [0, 0.05) is 24.8 Å². The third-order valence-electron chi connectivity index (χ3n) is 3.62. The summed E-state index contributed by atoms with van der Waals surface area (Å²) in [5.41, 5.74) is 3.51. The van der Waals surface area contributed by atoms with Crippen LogP contribution in [-0.4, -0.2) is 47.5 Å².